The third-order valence-electron chi connectivity index (χ3n) is 2.58. The Bertz CT molecular complexity index is 441. The molecular weight excluding hydrogens is 230 g/mol. The van der Waals surface area contributed by atoms with Crippen LogP contribution in [0.5, 0.6) is 11.5 Å². The fourth-order valence-electron chi connectivity index (χ4n) is 1.67. The first-order valence-corrected chi connectivity index (χ1v) is 5.77. The second-order valence-corrected chi connectivity index (χ2v) is 3.84. The molecule has 0 saturated heterocycles. The van der Waals surface area contributed by atoms with Crippen molar-refractivity contribution in [2.45, 2.75) is 19.9 Å². The van der Waals surface area contributed by atoms with Gasteiger partial charge in [-0.15, -0.1) is 0 Å². The van der Waals surface area contributed by atoms with Crippen molar-refractivity contribution in [3.05, 3.63) is 35.9 Å². The molecular formula is C14H19NO3. The topological polar surface area (TPSA) is 47.6 Å². The Balaban J connectivity index is 2.91. The summed E-state index contributed by atoms with van der Waals surface area (Å²) in [6.45, 7) is 3.71. The summed E-state index contributed by atoms with van der Waals surface area (Å²) in [5, 5.41) is 2.86. The molecule has 0 aliphatic heterocycles. The lowest BCUT2D eigenvalue weighted by molar-refractivity contribution is -0.117. The smallest absolute Gasteiger partial charge is 0.244 e. The van der Waals surface area contributed by atoms with Crippen molar-refractivity contribution in [1.82, 2.24) is 5.32 Å². The van der Waals surface area contributed by atoms with Gasteiger partial charge in [0, 0.05) is 11.6 Å². The molecule has 4 heteroatoms. The lowest BCUT2D eigenvalue weighted by Gasteiger charge is -2.17. The van der Waals surface area contributed by atoms with Crippen LogP contribution in [0.1, 0.15) is 25.5 Å². The molecule has 0 aromatic heterocycles. The summed E-state index contributed by atoms with van der Waals surface area (Å²) in [5.41, 5.74) is 0.913. The average Bonchev–Trinajstić information content (AvgIpc) is 2.38. The number of hydrogen-bond donors (Lipinski definition) is 1. The van der Waals surface area contributed by atoms with Crippen LogP contribution in [0.25, 0.3) is 0 Å². The Morgan fingerprint density at radius 1 is 1.33 bits per heavy atom. The quantitative estimate of drug-likeness (QED) is 0.815. The van der Waals surface area contributed by atoms with E-state index in [1.54, 1.807) is 33.3 Å². The van der Waals surface area contributed by atoms with Crippen LogP contribution in [0.4, 0.5) is 0 Å². The number of ether oxygens (including phenoxy) is 2. The van der Waals surface area contributed by atoms with Gasteiger partial charge in [0.1, 0.15) is 11.5 Å². The first kappa shape index (κ1) is 14.1. The number of benzene rings is 1. The Hall–Kier alpha value is -1.97. The van der Waals surface area contributed by atoms with Gasteiger partial charge in [-0.1, -0.05) is 6.08 Å². The SMILES string of the molecule is CC=CC(=O)NC(C)c1ccc(OC)cc1OC. The Morgan fingerprint density at radius 2 is 2.06 bits per heavy atom. The van der Waals surface area contributed by atoms with Crippen LogP contribution in [0.2, 0.25) is 0 Å². The van der Waals surface area contributed by atoms with Crippen molar-refractivity contribution in [2.24, 2.45) is 0 Å². The molecule has 1 atom stereocenters. The lowest BCUT2D eigenvalue weighted by Crippen LogP contribution is -2.24. The van der Waals surface area contributed by atoms with Crippen molar-refractivity contribution in [3.63, 3.8) is 0 Å². The normalized spacial score (nSPS) is 12.2. The maximum Gasteiger partial charge on any atom is 0.244 e. The first-order chi connectivity index (χ1) is 8.62. The zero-order valence-electron chi connectivity index (χ0n) is 11.2. The molecule has 1 N–H and O–H groups in total. The molecule has 1 aromatic carbocycles. The van der Waals surface area contributed by atoms with Crippen molar-refractivity contribution in [2.75, 3.05) is 14.2 Å². The van der Waals surface area contributed by atoms with Crippen LogP contribution in [0.15, 0.2) is 30.4 Å². The summed E-state index contributed by atoms with van der Waals surface area (Å²) < 4.78 is 10.4. The monoisotopic (exact) mass is 249 g/mol. The van der Waals surface area contributed by atoms with Gasteiger partial charge in [-0.05, 0) is 32.1 Å². The molecule has 1 aromatic rings. The number of hydrogen-bond acceptors (Lipinski definition) is 3. The van der Waals surface area contributed by atoms with E-state index in [0.29, 0.717) is 5.75 Å². The van der Waals surface area contributed by atoms with E-state index in [1.807, 2.05) is 19.1 Å². The molecule has 98 valence electrons. The van der Waals surface area contributed by atoms with Gasteiger partial charge in [-0.2, -0.15) is 0 Å². The number of nitrogens with one attached hydrogen (secondary N) is 1. The highest BCUT2D eigenvalue weighted by molar-refractivity contribution is 5.87. The molecule has 0 bridgehead atoms. The zero-order valence-corrected chi connectivity index (χ0v) is 11.2. The standard InChI is InChI=1S/C14H19NO3/c1-5-6-14(16)15-10(2)12-8-7-11(17-3)9-13(12)18-4/h5-10H,1-4H3,(H,15,16). The zero-order chi connectivity index (χ0) is 13.5. The Kier molecular flexibility index (Phi) is 5.24. The average molecular weight is 249 g/mol. The maximum atomic E-state index is 11.5. The van der Waals surface area contributed by atoms with Gasteiger partial charge >= 0.3 is 0 Å². The fraction of sp³-hybridized carbons (Fsp3) is 0.357. The van der Waals surface area contributed by atoms with Crippen molar-refractivity contribution in [3.8, 4) is 11.5 Å². The molecule has 1 unspecified atom stereocenters. The van der Waals surface area contributed by atoms with Gasteiger partial charge in [0.2, 0.25) is 5.91 Å². The van der Waals surface area contributed by atoms with E-state index in [0.717, 1.165) is 11.3 Å². The highest BCUT2D eigenvalue weighted by Gasteiger charge is 2.13. The molecule has 0 radical (unpaired) electrons. The van der Waals surface area contributed by atoms with Gasteiger partial charge in [-0.25, -0.2) is 0 Å². The molecule has 1 rings (SSSR count). The number of amides is 1. The summed E-state index contributed by atoms with van der Waals surface area (Å²) >= 11 is 0. The summed E-state index contributed by atoms with van der Waals surface area (Å²) in [4.78, 5) is 11.5. The van der Waals surface area contributed by atoms with Gasteiger partial charge in [-0.3, -0.25) is 4.79 Å². The largest absolute Gasteiger partial charge is 0.497 e. The van der Waals surface area contributed by atoms with Crippen LogP contribution in [-0.4, -0.2) is 20.1 Å². The lowest BCUT2D eigenvalue weighted by atomic mass is 10.1. The van der Waals surface area contributed by atoms with Crippen LogP contribution in [0.3, 0.4) is 0 Å². The van der Waals surface area contributed by atoms with E-state index < -0.39 is 0 Å². The molecule has 0 heterocycles. The summed E-state index contributed by atoms with van der Waals surface area (Å²) in [7, 11) is 3.20. The van der Waals surface area contributed by atoms with E-state index in [9.17, 15) is 4.79 Å². The van der Waals surface area contributed by atoms with Crippen LogP contribution < -0.4 is 14.8 Å². The van der Waals surface area contributed by atoms with E-state index in [-0.39, 0.29) is 11.9 Å². The van der Waals surface area contributed by atoms with Gasteiger partial charge in [0.15, 0.2) is 0 Å². The maximum absolute atomic E-state index is 11.5. The van der Waals surface area contributed by atoms with Crippen LogP contribution >= 0.6 is 0 Å². The molecule has 0 fully saturated rings. The third kappa shape index (κ3) is 3.52. The molecule has 0 aliphatic carbocycles. The predicted octanol–water partition coefficient (Wildman–Crippen LogP) is 2.46. The minimum absolute atomic E-state index is 0.122. The minimum atomic E-state index is -0.130. The summed E-state index contributed by atoms with van der Waals surface area (Å²) in [5.74, 6) is 1.30. The minimum Gasteiger partial charge on any atom is -0.497 e. The van der Waals surface area contributed by atoms with Crippen LogP contribution in [-0.2, 0) is 4.79 Å². The summed E-state index contributed by atoms with van der Waals surface area (Å²) in [6, 6.07) is 5.40. The fourth-order valence-corrected chi connectivity index (χ4v) is 1.67. The van der Waals surface area contributed by atoms with Crippen molar-refractivity contribution < 1.29 is 14.3 Å². The van der Waals surface area contributed by atoms with E-state index in [1.165, 1.54) is 6.08 Å². The number of carbonyl (C=O) groups is 1. The van der Waals surface area contributed by atoms with Gasteiger partial charge in [0.25, 0.3) is 0 Å². The number of allylic oxidation sites excluding steroid dienone is 1. The van der Waals surface area contributed by atoms with E-state index >= 15 is 0 Å². The third-order valence-corrected chi connectivity index (χ3v) is 2.58. The molecule has 0 spiro atoms. The molecule has 18 heavy (non-hydrogen) atoms. The predicted molar refractivity (Wildman–Crippen MR) is 70.9 cm³/mol. The van der Waals surface area contributed by atoms with Crippen LogP contribution in [0, 0.1) is 0 Å². The van der Waals surface area contributed by atoms with Gasteiger partial charge in [0.05, 0.1) is 20.3 Å². The second kappa shape index (κ2) is 6.69. The molecule has 4 nitrogen and oxygen atoms in total. The summed E-state index contributed by atoms with van der Waals surface area (Å²) in [6.07, 6.45) is 3.19. The molecule has 1 amide bonds. The highest BCUT2D eigenvalue weighted by atomic mass is 16.5. The Labute approximate surface area is 108 Å². The Morgan fingerprint density at radius 3 is 2.61 bits per heavy atom. The number of carbonyl (C=O) groups excluding carboxylic acids is 1. The first-order valence-electron chi connectivity index (χ1n) is 5.77. The molecule has 0 saturated carbocycles. The van der Waals surface area contributed by atoms with E-state index in [2.05, 4.69) is 5.32 Å². The number of methoxy groups -OCH3 is 2. The second-order valence-electron chi connectivity index (χ2n) is 3.84. The van der Waals surface area contributed by atoms with E-state index in [4.69, 9.17) is 9.47 Å². The van der Waals surface area contributed by atoms with Crippen molar-refractivity contribution >= 4 is 5.91 Å². The number of rotatable bonds is 5. The van der Waals surface area contributed by atoms with Gasteiger partial charge < -0.3 is 14.8 Å². The highest BCUT2D eigenvalue weighted by Crippen LogP contribution is 2.29. The molecule has 0 aliphatic rings. The van der Waals surface area contributed by atoms with Crippen molar-refractivity contribution in [1.29, 1.82) is 0 Å².